The van der Waals surface area contributed by atoms with E-state index in [0.717, 1.165) is 11.1 Å². The number of hydrogen-bond donors (Lipinski definition) is 2. The van der Waals surface area contributed by atoms with E-state index < -0.39 is 5.97 Å². The van der Waals surface area contributed by atoms with Gasteiger partial charge in [0, 0.05) is 12.1 Å². The second kappa shape index (κ2) is 6.00. The van der Waals surface area contributed by atoms with E-state index in [4.69, 9.17) is 5.11 Å². The van der Waals surface area contributed by atoms with Crippen LogP contribution >= 0.6 is 0 Å². The van der Waals surface area contributed by atoms with Crippen molar-refractivity contribution in [3.63, 3.8) is 0 Å². The van der Waals surface area contributed by atoms with Crippen LogP contribution < -0.4 is 5.32 Å². The first-order chi connectivity index (χ1) is 8.40. The first kappa shape index (κ1) is 14.0. The highest BCUT2D eigenvalue weighted by molar-refractivity contribution is 5.97. The van der Waals surface area contributed by atoms with Crippen LogP contribution in [0.5, 0.6) is 0 Å². The number of carbonyl (C=O) groups excluding carboxylic acids is 1. The van der Waals surface area contributed by atoms with E-state index >= 15 is 0 Å². The smallest absolute Gasteiger partial charge is 0.335 e. The molecular weight excluding hydrogens is 230 g/mol. The van der Waals surface area contributed by atoms with Gasteiger partial charge in [0.05, 0.1) is 5.56 Å². The van der Waals surface area contributed by atoms with Crippen LogP contribution in [-0.4, -0.2) is 23.5 Å². The maximum Gasteiger partial charge on any atom is 0.335 e. The van der Waals surface area contributed by atoms with Gasteiger partial charge in [0.15, 0.2) is 0 Å². The molecule has 1 rings (SSSR count). The fourth-order valence-electron chi connectivity index (χ4n) is 1.49. The van der Waals surface area contributed by atoms with Gasteiger partial charge in [-0.05, 0) is 44.5 Å². The maximum absolute atomic E-state index is 11.8. The van der Waals surface area contributed by atoms with Crippen molar-refractivity contribution in [2.75, 3.05) is 6.54 Å². The van der Waals surface area contributed by atoms with E-state index in [1.165, 1.54) is 12.1 Å². The number of hydrogen-bond acceptors (Lipinski definition) is 2. The lowest BCUT2D eigenvalue weighted by Crippen LogP contribution is -2.23. The monoisotopic (exact) mass is 247 g/mol. The summed E-state index contributed by atoms with van der Waals surface area (Å²) in [5.74, 6) is -1.30. The quantitative estimate of drug-likeness (QED) is 0.803. The number of aromatic carboxylic acids is 1. The molecule has 0 aliphatic heterocycles. The summed E-state index contributed by atoms with van der Waals surface area (Å²) in [6, 6.07) is 4.59. The summed E-state index contributed by atoms with van der Waals surface area (Å²) in [4.78, 5) is 22.7. The minimum atomic E-state index is -1.03. The minimum absolute atomic E-state index is 0.127. The zero-order valence-electron chi connectivity index (χ0n) is 10.8. The molecule has 0 bridgehead atoms. The van der Waals surface area contributed by atoms with Crippen molar-refractivity contribution in [1.82, 2.24) is 5.32 Å². The summed E-state index contributed by atoms with van der Waals surface area (Å²) in [6.45, 7) is 6.10. The molecule has 0 aliphatic rings. The van der Waals surface area contributed by atoms with Crippen LogP contribution in [0.15, 0.2) is 29.8 Å². The molecule has 0 saturated heterocycles. The molecule has 0 fully saturated rings. The third kappa shape index (κ3) is 4.05. The molecule has 4 nitrogen and oxygen atoms in total. The molecule has 4 heteroatoms. The van der Waals surface area contributed by atoms with Crippen molar-refractivity contribution in [1.29, 1.82) is 0 Å². The number of carboxylic acid groups (broad SMARTS) is 1. The summed E-state index contributed by atoms with van der Waals surface area (Å²) in [6.07, 6.45) is 1.89. The number of carbonyl (C=O) groups is 2. The Labute approximate surface area is 106 Å². The highest BCUT2D eigenvalue weighted by atomic mass is 16.4. The highest BCUT2D eigenvalue weighted by Gasteiger charge is 2.10. The molecule has 1 aromatic rings. The number of allylic oxidation sites excluding steroid dienone is 1. The Kier molecular flexibility index (Phi) is 4.66. The number of benzene rings is 1. The molecule has 1 aromatic carbocycles. The van der Waals surface area contributed by atoms with Crippen LogP contribution in [0.4, 0.5) is 0 Å². The fourth-order valence-corrected chi connectivity index (χ4v) is 1.49. The van der Waals surface area contributed by atoms with Gasteiger partial charge in [-0.3, -0.25) is 4.79 Å². The first-order valence-corrected chi connectivity index (χ1v) is 5.66. The van der Waals surface area contributed by atoms with E-state index in [2.05, 4.69) is 5.32 Å². The Bertz CT molecular complexity index is 500. The van der Waals surface area contributed by atoms with Crippen LogP contribution in [0.3, 0.4) is 0 Å². The largest absolute Gasteiger partial charge is 0.478 e. The van der Waals surface area contributed by atoms with Crippen LogP contribution in [0, 0.1) is 6.92 Å². The van der Waals surface area contributed by atoms with Gasteiger partial charge in [-0.1, -0.05) is 11.6 Å². The van der Waals surface area contributed by atoms with Gasteiger partial charge in [-0.15, -0.1) is 0 Å². The van der Waals surface area contributed by atoms with Crippen molar-refractivity contribution < 1.29 is 14.7 Å². The van der Waals surface area contributed by atoms with Crippen LogP contribution in [0.1, 0.15) is 40.1 Å². The zero-order chi connectivity index (χ0) is 13.7. The maximum atomic E-state index is 11.8. The fraction of sp³-hybridized carbons (Fsp3) is 0.286. The number of aryl methyl sites for hydroxylation is 1. The average molecular weight is 247 g/mol. The summed E-state index contributed by atoms with van der Waals surface area (Å²) >= 11 is 0. The van der Waals surface area contributed by atoms with Crippen molar-refractivity contribution in [2.24, 2.45) is 0 Å². The van der Waals surface area contributed by atoms with Crippen LogP contribution in [0.2, 0.25) is 0 Å². The molecule has 0 heterocycles. The molecule has 0 atom stereocenters. The summed E-state index contributed by atoms with van der Waals surface area (Å²) in [5, 5.41) is 11.6. The Morgan fingerprint density at radius 3 is 2.39 bits per heavy atom. The lowest BCUT2D eigenvalue weighted by Gasteiger charge is -2.05. The molecule has 0 saturated carbocycles. The van der Waals surface area contributed by atoms with E-state index in [1.54, 1.807) is 13.0 Å². The molecule has 96 valence electrons. The van der Waals surface area contributed by atoms with Crippen molar-refractivity contribution >= 4 is 11.9 Å². The second-order valence-electron chi connectivity index (χ2n) is 4.38. The zero-order valence-corrected chi connectivity index (χ0v) is 10.8. The number of nitrogens with one attached hydrogen (secondary N) is 1. The lowest BCUT2D eigenvalue weighted by atomic mass is 10.1. The van der Waals surface area contributed by atoms with E-state index in [0.29, 0.717) is 12.1 Å². The molecule has 0 radical (unpaired) electrons. The minimum Gasteiger partial charge on any atom is -0.478 e. The predicted molar refractivity (Wildman–Crippen MR) is 69.9 cm³/mol. The van der Waals surface area contributed by atoms with Crippen molar-refractivity contribution in [2.45, 2.75) is 20.8 Å². The number of carboxylic acids is 1. The normalized spacial score (nSPS) is 9.72. The van der Waals surface area contributed by atoms with Crippen LogP contribution in [0.25, 0.3) is 0 Å². The van der Waals surface area contributed by atoms with Gasteiger partial charge >= 0.3 is 5.97 Å². The third-order valence-corrected chi connectivity index (χ3v) is 2.36. The third-order valence-electron chi connectivity index (χ3n) is 2.36. The lowest BCUT2D eigenvalue weighted by molar-refractivity contribution is 0.0696. The van der Waals surface area contributed by atoms with Crippen molar-refractivity contribution in [3.8, 4) is 0 Å². The molecule has 1 amide bonds. The van der Waals surface area contributed by atoms with Gasteiger partial charge in [-0.2, -0.15) is 0 Å². The number of amides is 1. The van der Waals surface area contributed by atoms with Gasteiger partial charge in [-0.25, -0.2) is 4.79 Å². The van der Waals surface area contributed by atoms with Crippen molar-refractivity contribution in [3.05, 3.63) is 46.5 Å². The SMILES string of the molecule is CC(C)=CCNC(=O)c1cc(C)cc(C(=O)O)c1. The molecule has 0 unspecified atom stereocenters. The Balaban J connectivity index is 2.85. The van der Waals surface area contributed by atoms with E-state index in [9.17, 15) is 9.59 Å². The summed E-state index contributed by atoms with van der Waals surface area (Å²) < 4.78 is 0. The average Bonchev–Trinajstić information content (AvgIpc) is 2.27. The second-order valence-corrected chi connectivity index (χ2v) is 4.38. The van der Waals surface area contributed by atoms with Crippen LogP contribution in [-0.2, 0) is 0 Å². The Hall–Kier alpha value is -2.10. The number of rotatable bonds is 4. The Morgan fingerprint density at radius 1 is 1.22 bits per heavy atom. The molecule has 0 aliphatic carbocycles. The van der Waals surface area contributed by atoms with Gasteiger partial charge in [0.25, 0.3) is 5.91 Å². The topological polar surface area (TPSA) is 66.4 Å². The molecule has 0 spiro atoms. The first-order valence-electron chi connectivity index (χ1n) is 5.66. The van der Waals surface area contributed by atoms with Gasteiger partial charge in [0.1, 0.15) is 0 Å². The van der Waals surface area contributed by atoms with E-state index in [-0.39, 0.29) is 11.5 Å². The summed E-state index contributed by atoms with van der Waals surface area (Å²) in [5.41, 5.74) is 2.37. The standard InChI is InChI=1S/C14H17NO3/c1-9(2)4-5-15-13(16)11-6-10(3)7-12(8-11)14(17)18/h4,6-8H,5H2,1-3H3,(H,15,16)(H,17,18). The van der Waals surface area contributed by atoms with E-state index in [1.807, 2.05) is 19.9 Å². The predicted octanol–water partition coefficient (Wildman–Crippen LogP) is 2.39. The van der Waals surface area contributed by atoms with Gasteiger partial charge < -0.3 is 10.4 Å². The van der Waals surface area contributed by atoms with Gasteiger partial charge in [0.2, 0.25) is 0 Å². The molecule has 0 aromatic heterocycles. The highest BCUT2D eigenvalue weighted by Crippen LogP contribution is 2.10. The molecule has 2 N–H and O–H groups in total. The molecular formula is C14H17NO3. The Morgan fingerprint density at radius 2 is 1.83 bits per heavy atom. The molecule has 18 heavy (non-hydrogen) atoms. The summed E-state index contributed by atoms with van der Waals surface area (Å²) in [7, 11) is 0.